The molecule has 0 saturated heterocycles. The van der Waals surface area contributed by atoms with Crippen LogP contribution in [0, 0.1) is 5.82 Å². The number of fused-ring (bicyclic) bond motifs is 1. The molecule has 2 aromatic rings. The number of nitrogens with zero attached hydrogens (tertiary/aromatic N) is 2. The lowest BCUT2D eigenvalue weighted by molar-refractivity contribution is -0.134. The van der Waals surface area contributed by atoms with Gasteiger partial charge in [0.05, 0.1) is 17.7 Å². The van der Waals surface area contributed by atoms with E-state index in [0.29, 0.717) is 13.1 Å². The Hall–Kier alpha value is -2.23. The van der Waals surface area contributed by atoms with E-state index in [1.807, 2.05) is 17.0 Å². The fraction of sp³-hybridized carbons (Fsp3) is 0.294. The van der Waals surface area contributed by atoms with Gasteiger partial charge in [-0.3, -0.25) is 9.78 Å². The average molecular weight is 282 g/mol. The highest BCUT2D eigenvalue weighted by Crippen LogP contribution is 2.50. The summed E-state index contributed by atoms with van der Waals surface area (Å²) in [6.45, 7) is 1.21. The van der Waals surface area contributed by atoms with Gasteiger partial charge in [0.2, 0.25) is 5.91 Å². The molecule has 0 N–H and O–H groups in total. The maximum absolute atomic E-state index is 13.1. The molecule has 1 amide bonds. The Balaban J connectivity index is 1.60. The molecule has 1 saturated carbocycles. The molecule has 2 heterocycles. The van der Waals surface area contributed by atoms with Crippen molar-refractivity contribution in [2.75, 3.05) is 0 Å². The van der Waals surface area contributed by atoms with Crippen LogP contribution >= 0.6 is 0 Å². The molecule has 0 spiro atoms. The summed E-state index contributed by atoms with van der Waals surface area (Å²) < 4.78 is 13.1. The number of hydrogen-bond donors (Lipinski definition) is 0. The van der Waals surface area contributed by atoms with E-state index in [2.05, 4.69) is 4.98 Å². The van der Waals surface area contributed by atoms with Crippen molar-refractivity contribution in [3.8, 4) is 0 Å². The first-order chi connectivity index (χ1) is 10.2. The largest absolute Gasteiger partial charge is 0.332 e. The first kappa shape index (κ1) is 12.5. The van der Waals surface area contributed by atoms with E-state index in [-0.39, 0.29) is 11.7 Å². The molecule has 21 heavy (non-hydrogen) atoms. The number of benzene rings is 1. The second-order valence-electron chi connectivity index (χ2n) is 5.86. The molecule has 1 aliphatic carbocycles. The molecule has 1 aromatic carbocycles. The molecule has 1 aromatic heterocycles. The van der Waals surface area contributed by atoms with E-state index < -0.39 is 5.41 Å². The van der Waals surface area contributed by atoms with Crippen molar-refractivity contribution in [1.29, 1.82) is 0 Å². The van der Waals surface area contributed by atoms with Gasteiger partial charge in [0.15, 0.2) is 0 Å². The van der Waals surface area contributed by atoms with Gasteiger partial charge in [-0.05, 0) is 42.2 Å². The molecule has 0 unspecified atom stereocenters. The van der Waals surface area contributed by atoms with E-state index in [9.17, 15) is 9.18 Å². The van der Waals surface area contributed by atoms with Gasteiger partial charge in [-0.1, -0.05) is 18.2 Å². The maximum atomic E-state index is 13.1. The smallest absolute Gasteiger partial charge is 0.233 e. The van der Waals surface area contributed by atoms with Crippen LogP contribution in [0.5, 0.6) is 0 Å². The predicted molar refractivity (Wildman–Crippen MR) is 75.8 cm³/mol. The quantitative estimate of drug-likeness (QED) is 0.848. The Labute approximate surface area is 122 Å². The number of amides is 1. The number of halogens is 1. The van der Waals surface area contributed by atoms with Crippen molar-refractivity contribution in [2.45, 2.75) is 31.3 Å². The van der Waals surface area contributed by atoms with Crippen LogP contribution in [0.1, 0.15) is 29.7 Å². The zero-order valence-electron chi connectivity index (χ0n) is 11.6. The highest BCUT2D eigenvalue weighted by atomic mass is 19.1. The third kappa shape index (κ3) is 1.94. The van der Waals surface area contributed by atoms with Gasteiger partial charge in [0, 0.05) is 12.7 Å². The number of rotatable bonds is 2. The second kappa shape index (κ2) is 4.38. The molecule has 1 aliphatic heterocycles. The fourth-order valence-electron chi connectivity index (χ4n) is 3.17. The lowest BCUT2D eigenvalue weighted by Crippen LogP contribution is -2.35. The van der Waals surface area contributed by atoms with Crippen molar-refractivity contribution in [2.24, 2.45) is 0 Å². The number of carbonyl (C=O) groups excluding carboxylic acids is 1. The highest BCUT2D eigenvalue weighted by Gasteiger charge is 2.53. The van der Waals surface area contributed by atoms with Crippen molar-refractivity contribution in [1.82, 2.24) is 9.88 Å². The van der Waals surface area contributed by atoms with Crippen LogP contribution < -0.4 is 0 Å². The van der Waals surface area contributed by atoms with Gasteiger partial charge in [-0.15, -0.1) is 0 Å². The Bertz CT molecular complexity index is 682. The Morgan fingerprint density at radius 3 is 2.57 bits per heavy atom. The van der Waals surface area contributed by atoms with Crippen LogP contribution in [0.2, 0.25) is 0 Å². The monoisotopic (exact) mass is 282 g/mol. The summed E-state index contributed by atoms with van der Waals surface area (Å²) in [7, 11) is 0. The SMILES string of the molecule is O=C(N1Cc2cccnc2C1)C1(c2ccc(F)cc2)CC1. The molecule has 4 rings (SSSR count). The predicted octanol–water partition coefficient (Wildman–Crippen LogP) is 2.79. The molecule has 2 aliphatic rings. The van der Waals surface area contributed by atoms with Crippen LogP contribution in [-0.4, -0.2) is 15.8 Å². The molecule has 106 valence electrons. The molecule has 4 heteroatoms. The van der Waals surface area contributed by atoms with Crippen LogP contribution in [0.3, 0.4) is 0 Å². The molecule has 0 bridgehead atoms. The second-order valence-corrected chi connectivity index (χ2v) is 5.86. The molecular weight excluding hydrogens is 267 g/mol. The summed E-state index contributed by atoms with van der Waals surface area (Å²) >= 11 is 0. The number of aromatic nitrogens is 1. The highest BCUT2D eigenvalue weighted by molar-refractivity contribution is 5.91. The maximum Gasteiger partial charge on any atom is 0.233 e. The summed E-state index contributed by atoms with van der Waals surface area (Å²) in [6, 6.07) is 10.3. The first-order valence-corrected chi connectivity index (χ1v) is 7.17. The summed E-state index contributed by atoms with van der Waals surface area (Å²) in [5, 5.41) is 0. The van der Waals surface area contributed by atoms with E-state index >= 15 is 0 Å². The lowest BCUT2D eigenvalue weighted by Gasteiger charge is -2.23. The Morgan fingerprint density at radius 2 is 1.90 bits per heavy atom. The minimum Gasteiger partial charge on any atom is -0.332 e. The summed E-state index contributed by atoms with van der Waals surface area (Å²) in [6.07, 6.45) is 3.45. The Morgan fingerprint density at radius 1 is 1.14 bits per heavy atom. The number of hydrogen-bond acceptors (Lipinski definition) is 2. The van der Waals surface area contributed by atoms with Gasteiger partial charge in [-0.2, -0.15) is 0 Å². The van der Waals surface area contributed by atoms with Crippen LogP contribution in [-0.2, 0) is 23.3 Å². The van der Waals surface area contributed by atoms with Crippen molar-refractivity contribution >= 4 is 5.91 Å². The standard InChI is InChI=1S/C17H15FN2O/c18-14-5-3-13(4-6-14)17(7-8-17)16(21)20-10-12-2-1-9-19-15(12)11-20/h1-6,9H,7-8,10-11H2. The Kier molecular flexibility index (Phi) is 2.61. The number of carbonyl (C=O) groups is 1. The normalized spacial score (nSPS) is 18.4. The van der Waals surface area contributed by atoms with Gasteiger partial charge in [0.1, 0.15) is 5.82 Å². The van der Waals surface area contributed by atoms with E-state index in [1.54, 1.807) is 18.3 Å². The van der Waals surface area contributed by atoms with Crippen molar-refractivity contribution in [3.05, 3.63) is 65.2 Å². The van der Waals surface area contributed by atoms with E-state index in [0.717, 1.165) is 29.7 Å². The van der Waals surface area contributed by atoms with Gasteiger partial charge < -0.3 is 4.90 Å². The average Bonchev–Trinajstić information content (AvgIpc) is 3.19. The van der Waals surface area contributed by atoms with Gasteiger partial charge in [-0.25, -0.2) is 4.39 Å². The molecule has 1 fully saturated rings. The minimum absolute atomic E-state index is 0.145. The summed E-state index contributed by atoms with van der Waals surface area (Å²) in [4.78, 5) is 19.1. The zero-order valence-corrected chi connectivity index (χ0v) is 11.6. The van der Waals surface area contributed by atoms with Crippen LogP contribution in [0.25, 0.3) is 0 Å². The van der Waals surface area contributed by atoms with Gasteiger partial charge >= 0.3 is 0 Å². The third-order valence-corrected chi connectivity index (χ3v) is 4.53. The lowest BCUT2D eigenvalue weighted by atomic mass is 9.94. The topological polar surface area (TPSA) is 33.2 Å². The fourth-order valence-corrected chi connectivity index (χ4v) is 3.17. The van der Waals surface area contributed by atoms with Crippen molar-refractivity contribution in [3.63, 3.8) is 0 Å². The third-order valence-electron chi connectivity index (χ3n) is 4.53. The summed E-state index contributed by atoms with van der Waals surface area (Å²) in [5.41, 5.74) is 2.61. The van der Waals surface area contributed by atoms with E-state index in [1.165, 1.54) is 12.1 Å². The molecule has 3 nitrogen and oxygen atoms in total. The van der Waals surface area contributed by atoms with Crippen LogP contribution in [0.15, 0.2) is 42.6 Å². The molecule has 0 radical (unpaired) electrons. The zero-order chi connectivity index (χ0) is 14.4. The van der Waals surface area contributed by atoms with Crippen LogP contribution in [0.4, 0.5) is 4.39 Å². The molecule has 0 atom stereocenters. The minimum atomic E-state index is -0.435. The number of pyridine rings is 1. The summed E-state index contributed by atoms with van der Waals surface area (Å²) in [5.74, 6) is -0.119. The molecular formula is C17H15FN2O. The van der Waals surface area contributed by atoms with Crippen molar-refractivity contribution < 1.29 is 9.18 Å². The van der Waals surface area contributed by atoms with E-state index in [4.69, 9.17) is 0 Å². The first-order valence-electron chi connectivity index (χ1n) is 7.17. The van der Waals surface area contributed by atoms with Gasteiger partial charge in [0.25, 0.3) is 0 Å².